The van der Waals surface area contributed by atoms with Crippen molar-refractivity contribution < 1.29 is 4.74 Å². The summed E-state index contributed by atoms with van der Waals surface area (Å²) in [5, 5.41) is 3.52. The van der Waals surface area contributed by atoms with Crippen molar-refractivity contribution in [2.75, 3.05) is 7.11 Å². The van der Waals surface area contributed by atoms with Gasteiger partial charge in [-0.1, -0.05) is 34.1 Å². The van der Waals surface area contributed by atoms with E-state index in [-0.39, 0.29) is 6.04 Å². The lowest BCUT2D eigenvalue weighted by atomic mass is 10.1. The maximum atomic E-state index is 5.45. The molecule has 0 spiro atoms. The molecule has 0 bridgehead atoms. The van der Waals surface area contributed by atoms with Crippen LogP contribution in [0.2, 0.25) is 0 Å². The van der Waals surface area contributed by atoms with Crippen molar-refractivity contribution in [1.29, 1.82) is 0 Å². The molecule has 0 aliphatic carbocycles. The van der Waals surface area contributed by atoms with E-state index in [0.29, 0.717) is 6.54 Å². The van der Waals surface area contributed by atoms with E-state index in [0.717, 1.165) is 27.0 Å². The van der Waals surface area contributed by atoms with Crippen molar-refractivity contribution in [3.63, 3.8) is 0 Å². The summed E-state index contributed by atoms with van der Waals surface area (Å²) in [5.41, 5.74) is 4.44. The molecule has 21 heavy (non-hydrogen) atoms. The van der Waals surface area contributed by atoms with E-state index in [1.165, 1.54) is 5.56 Å². The number of pyridine rings is 1. The zero-order valence-electron chi connectivity index (χ0n) is 12.9. The summed E-state index contributed by atoms with van der Waals surface area (Å²) < 4.78 is 6.57. The number of rotatable bonds is 5. The molecule has 2 aromatic rings. The first-order valence-corrected chi connectivity index (χ1v) is 7.80. The van der Waals surface area contributed by atoms with E-state index in [1.807, 2.05) is 19.2 Å². The van der Waals surface area contributed by atoms with Crippen molar-refractivity contribution in [1.82, 2.24) is 10.3 Å². The molecule has 1 N–H and O–H groups in total. The zero-order chi connectivity index (χ0) is 15.4. The van der Waals surface area contributed by atoms with E-state index in [1.54, 1.807) is 7.11 Å². The number of hydrogen-bond donors (Lipinski definition) is 1. The smallest absolute Gasteiger partial charge is 0.128 e. The van der Waals surface area contributed by atoms with Crippen LogP contribution in [0.3, 0.4) is 0 Å². The summed E-state index contributed by atoms with van der Waals surface area (Å²) in [6.45, 7) is 6.94. The molecule has 0 aliphatic heterocycles. The molecule has 0 radical (unpaired) electrons. The quantitative estimate of drug-likeness (QED) is 0.873. The van der Waals surface area contributed by atoms with Crippen LogP contribution in [0, 0.1) is 13.8 Å². The van der Waals surface area contributed by atoms with E-state index in [4.69, 9.17) is 4.74 Å². The van der Waals surface area contributed by atoms with Gasteiger partial charge in [0.1, 0.15) is 5.75 Å². The van der Waals surface area contributed by atoms with Gasteiger partial charge in [-0.05, 0) is 32.4 Å². The van der Waals surface area contributed by atoms with E-state index in [9.17, 15) is 0 Å². The average Bonchev–Trinajstić information content (AvgIpc) is 2.47. The molecule has 112 valence electrons. The van der Waals surface area contributed by atoms with Crippen LogP contribution < -0.4 is 10.1 Å². The summed E-state index contributed by atoms with van der Waals surface area (Å²) in [7, 11) is 1.70. The number of benzene rings is 1. The Morgan fingerprint density at radius 3 is 2.67 bits per heavy atom. The van der Waals surface area contributed by atoms with Gasteiger partial charge in [0.2, 0.25) is 0 Å². The number of aromatic nitrogens is 1. The third-order valence-electron chi connectivity index (χ3n) is 3.70. The van der Waals surface area contributed by atoms with Crippen LogP contribution >= 0.6 is 15.9 Å². The van der Waals surface area contributed by atoms with Gasteiger partial charge in [0.05, 0.1) is 12.8 Å². The molecule has 0 fully saturated rings. The van der Waals surface area contributed by atoms with Crippen molar-refractivity contribution >= 4 is 15.9 Å². The number of aryl methyl sites for hydroxylation is 1. The van der Waals surface area contributed by atoms with Crippen LogP contribution in [-0.4, -0.2) is 12.1 Å². The minimum atomic E-state index is 0.245. The third-order valence-corrected chi connectivity index (χ3v) is 4.42. The van der Waals surface area contributed by atoms with Gasteiger partial charge in [-0.15, -0.1) is 0 Å². The minimum absolute atomic E-state index is 0.245. The summed E-state index contributed by atoms with van der Waals surface area (Å²) in [6.07, 6.45) is 1.87. The number of halogens is 1. The maximum absolute atomic E-state index is 5.45. The first kappa shape index (κ1) is 16.0. The summed E-state index contributed by atoms with van der Waals surface area (Å²) in [4.78, 5) is 4.52. The normalized spacial score (nSPS) is 12.2. The van der Waals surface area contributed by atoms with Crippen LogP contribution in [0.1, 0.15) is 35.3 Å². The predicted octanol–water partition coefficient (Wildman–Crippen LogP) is 4.32. The fourth-order valence-corrected chi connectivity index (χ4v) is 3.06. The lowest BCUT2D eigenvalue weighted by Crippen LogP contribution is -2.20. The van der Waals surface area contributed by atoms with E-state index >= 15 is 0 Å². The molecule has 1 aromatic heterocycles. The highest BCUT2D eigenvalue weighted by Gasteiger charge is 2.12. The third kappa shape index (κ3) is 3.63. The molecule has 0 saturated carbocycles. The van der Waals surface area contributed by atoms with Gasteiger partial charge in [0, 0.05) is 34.4 Å². The molecule has 0 saturated heterocycles. The topological polar surface area (TPSA) is 34.1 Å². The van der Waals surface area contributed by atoms with Crippen LogP contribution in [0.5, 0.6) is 5.75 Å². The summed E-state index contributed by atoms with van der Waals surface area (Å²) in [5.74, 6) is 0.926. The molecule has 0 unspecified atom stereocenters. The number of nitrogens with one attached hydrogen (secondary N) is 1. The maximum Gasteiger partial charge on any atom is 0.128 e. The highest BCUT2D eigenvalue weighted by Crippen LogP contribution is 2.26. The van der Waals surface area contributed by atoms with Gasteiger partial charge >= 0.3 is 0 Å². The Hall–Kier alpha value is -1.39. The van der Waals surface area contributed by atoms with Crippen LogP contribution in [0.4, 0.5) is 0 Å². The van der Waals surface area contributed by atoms with Crippen LogP contribution in [0.25, 0.3) is 0 Å². The lowest BCUT2D eigenvalue weighted by molar-refractivity contribution is 0.406. The Morgan fingerprint density at radius 2 is 2.00 bits per heavy atom. The second-order valence-corrected chi connectivity index (χ2v) is 6.02. The van der Waals surface area contributed by atoms with Crippen molar-refractivity contribution in [2.45, 2.75) is 33.4 Å². The number of ether oxygens (including phenoxy) is 1. The second kappa shape index (κ2) is 7.05. The Morgan fingerprint density at radius 1 is 1.29 bits per heavy atom. The highest BCUT2D eigenvalue weighted by molar-refractivity contribution is 9.10. The molecule has 1 heterocycles. The number of hydrogen-bond acceptors (Lipinski definition) is 3. The monoisotopic (exact) mass is 348 g/mol. The highest BCUT2D eigenvalue weighted by atomic mass is 79.9. The first-order chi connectivity index (χ1) is 10.0. The Labute approximate surface area is 134 Å². The molecule has 3 nitrogen and oxygen atoms in total. The molecule has 0 amide bonds. The average molecular weight is 349 g/mol. The molecule has 1 atom stereocenters. The molecule has 4 heteroatoms. The number of methoxy groups -OCH3 is 1. The van der Waals surface area contributed by atoms with Gasteiger partial charge in [0.25, 0.3) is 0 Å². The Kier molecular flexibility index (Phi) is 5.37. The molecular formula is C17H21BrN2O. The molecule has 1 aromatic carbocycles. The lowest BCUT2D eigenvalue weighted by Gasteiger charge is -2.17. The van der Waals surface area contributed by atoms with Gasteiger partial charge in [-0.25, -0.2) is 0 Å². The van der Waals surface area contributed by atoms with Crippen molar-refractivity contribution in [3.05, 3.63) is 57.3 Å². The van der Waals surface area contributed by atoms with Crippen molar-refractivity contribution in [2.24, 2.45) is 0 Å². The van der Waals surface area contributed by atoms with Gasteiger partial charge in [-0.2, -0.15) is 0 Å². The molecule has 0 aliphatic rings. The second-order valence-electron chi connectivity index (χ2n) is 5.17. The number of nitrogens with zero attached hydrogens (tertiary/aromatic N) is 1. The van der Waals surface area contributed by atoms with Gasteiger partial charge in [-0.3, -0.25) is 4.98 Å². The van der Waals surface area contributed by atoms with Crippen LogP contribution in [-0.2, 0) is 6.54 Å². The summed E-state index contributed by atoms with van der Waals surface area (Å²) >= 11 is 3.59. The standard InChI is InChI=1S/C17H21BrN2O/c1-11-9-20-16(12(2)17(11)21-4)10-19-13(3)14-7-5-6-8-15(14)18/h5-9,13,19H,10H2,1-4H3/t13-/m0/s1. The Balaban J connectivity index is 2.12. The first-order valence-electron chi connectivity index (χ1n) is 7.01. The van der Waals surface area contributed by atoms with E-state index in [2.05, 4.69) is 58.3 Å². The largest absolute Gasteiger partial charge is 0.496 e. The van der Waals surface area contributed by atoms with E-state index < -0.39 is 0 Å². The molecule has 2 rings (SSSR count). The fourth-order valence-electron chi connectivity index (χ4n) is 2.44. The molecular weight excluding hydrogens is 328 g/mol. The SMILES string of the molecule is COc1c(C)cnc(CN[C@@H](C)c2ccccc2Br)c1C. The van der Waals surface area contributed by atoms with Crippen LogP contribution in [0.15, 0.2) is 34.9 Å². The summed E-state index contributed by atoms with van der Waals surface area (Å²) in [6, 6.07) is 8.51. The fraction of sp³-hybridized carbons (Fsp3) is 0.353. The van der Waals surface area contributed by atoms with Crippen molar-refractivity contribution in [3.8, 4) is 5.75 Å². The van der Waals surface area contributed by atoms with Gasteiger partial charge < -0.3 is 10.1 Å². The zero-order valence-corrected chi connectivity index (χ0v) is 14.5. The van der Waals surface area contributed by atoms with Gasteiger partial charge in [0.15, 0.2) is 0 Å². The minimum Gasteiger partial charge on any atom is -0.496 e. The Bertz CT molecular complexity index is 628. The predicted molar refractivity (Wildman–Crippen MR) is 89.7 cm³/mol.